The van der Waals surface area contributed by atoms with Crippen LogP contribution in [0.2, 0.25) is 0 Å². The van der Waals surface area contributed by atoms with Crippen LogP contribution in [0.3, 0.4) is 0 Å². The van der Waals surface area contributed by atoms with Gasteiger partial charge in [-0.05, 0) is 28.3 Å². The predicted molar refractivity (Wildman–Crippen MR) is 111 cm³/mol. The van der Waals surface area contributed by atoms with Crippen molar-refractivity contribution in [3.63, 3.8) is 0 Å². The van der Waals surface area contributed by atoms with E-state index in [9.17, 15) is 13.2 Å². The van der Waals surface area contributed by atoms with E-state index in [0.29, 0.717) is 6.42 Å². The molecule has 0 spiro atoms. The number of fused-ring (bicyclic) bond motifs is 1. The van der Waals surface area contributed by atoms with Crippen LogP contribution in [-0.2, 0) is 9.84 Å². The van der Waals surface area contributed by atoms with Gasteiger partial charge in [0.1, 0.15) is 0 Å². The number of sulfone groups is 1. The SMILES string of the molecule is O=C(N[C@H]1CCS(=O)(=O)C1)N[C@@H](c1ccccc1)c1cccc2ccccc12. The lowest BCUT2D eigenvalue weighted by Crippen LogP contribution is -2.44. The number of hydrogen-bond donors (Lipinski definition) is 2. The molecule has 1 fully saturated rings. The normalized spacial score (nSPS) is 19.2. The third-order valence-electron chi connectivity index (χ3n) is 5.11. The summed E-state index contributed by atoms with van der Waals surface area (Å²) in [4.78, 5) is 12.7. The number of rotatable bonds is 4. The molecule has 3 aromatic rings. The summed E-state index contributed by atoms with van der Waals surface area (Å²) in [5.74, 6) is 0.133. The highest BCUT2D eigenvalue weighted by molar-refractivity contribution is 7.91. The molecule has 3 aromatic carbocycles. The summed E-state index contributed by atoms with van der Waals surface area (Å²) in [5.41, 5.74) is 1.96. The van der Waals surface area contributed by atoms with Crippen molar-refractivity contribution in [3.8, 4) is 0 Å². The fraction of sp³-hybridized carbons (Fsp3) is 0.227. The Labute approximate surface area is 164 Å². The Morgan fingerprint density at radius 1 is 0.929 bits per heavy atom. The fourth-order valence-electron chi connectivity index (χ4n) is 3.76. The summed E-state index contributed by atoms with van der Waals surface area (Å²) >= 11 is 0. The molecule has 5 nitrogen and oxygen atoms in total. The van der Waals surface area contributed by atoms with Crippen LogP contribution in [0.5, 0.6) is 0 Å². The molecule has 0 aromatic heterocycles. The van der Waals surface area contributed by atoms with Crippen LogP contribution in [0.25, 0.3) is 10.8 Å². The maximum atomic E-state index is 12.7. The van der Waals surface area contributed by atoms with Gasteiger partial charge >= 0.3 is 6.03 Å². The summed E-state index contributed by atoms with van der Waals surface area (Å²) in [5, 5.41) is 8.05. The van der Waals surface area contributed by atoms with E-state index in [0.717, 1.165) is 21.9 Å². The lowest BCUT2D eigenvalue weighted by Gasteiger charge is -2.23. The van der Waals surface area contributed by atoms with E-state index >= 15 is 0 Å². The molecule has 6 heteroatoms. The van der Waals surface area contributed by atoms with Gasteiger partial charge in [-0.2, -0.15) is 0 Å². The van der Waals surface area contributed by atoms with E-state index in [-0.39, 0.29) is 29.6 Å². The van der Waals surface area contributed by atoms with Gasteiger partial charge in [0.2, 0.25) is 0 Å². The molecule has 2 amide bonds. The van der Waals surface area contributed by atoms with Crippen LogP contribution in [0.15, 0.2) is 72.8 Å². The van der Waals surface area contributed by atoms with E-state index in [1.54, 1.807) is 0 Å². The van der Waals surface area contributed by atoms with Gasteiger partial charge in [0.25, 0.3) is 0 Å². The first kappa shape index (κ1) is 18.5. The lowest BCUT2D eigenvalue weighted by atomic mass is 9.94. The molecule has 0 bridgehead atoms. The summed E-state index contributed by atoms with van der Waals surface area (Å²) in [6, 6.07) is 22.8. The maximum Gasteiger partial charge on any atom is 0.315 e. The number of benzene rings is 3. The number of carbonyl (C=O) groups is 1. The van der Waals surface area contributed by atoms with Crippen LogP contribution >= 0.6 is 0 Å². The molecule has 0 aliphatic carbocycles. The van der Waals surface area contributed by atoms with Gasteiger partial charge < -0.3 is 10.6 Å². The third kappa shape index (κ3) is 4.02. The number of hydrogen-bond acceptors (Lipinski definition) is 3. The molecule has 4 rings (SSSR count). The van der Waals surface area contributed by atoms with Crippen LogP contribution < -0.4 is 10.6 Å². The quantitative estimate of drug-likeness (QED) is 0.712. The van der Waals surface area contributed by atoms with Crippen LogP contribution in [0.1, 0.15) is 23.6 Å². The molecular formula is C22H22N2O3S. The molecule has 1 aliphatic heterocycles. The van der Waals surface area contributed by atoms with Crippen molar-refractivity contribution in [2.75, 3.05) is 11.5 Å². The van der Waals surface area contributed by atoms with Gasteiger partial charge in [-0.3, -0.25) is 0 Å². The van der Waals surface area contributed by atoms with Crippen molar-refractivity contribution in [3.05, 3.63) is 83.9 Å². The Hall–Kier alpha value is -2.86. The summed E-state index contributed by atoms with van der Waals surface area (Å²) in [6.07, 6.45) is 0.458. The van der Waals surface area contributed by atoms with Gasteiger partial charge in [0, 0.05) is 6.04 Å². The Morgan fingerprint density at radius 3 is 2.39 bits per heavy atom. The van der Waals surface area contributed by atoms with Gasteiger partial charge in [0.05, 0.1) is 17.5 Å². The lowest BCUT2D eigenvalue weighted by molar-refractivity contribution is 0.236. The van der Waals surface area contributed by atoms with Crippen molar-refractivity contribution in [2.45, 2.75) is 18.5 Å². The van der Waals surface area contributed by atoms with Crippen LogP contribution in [0, 0.1) is 0 Å². The minimum atomic E-state index is -3.05. The molecule has 1 heterocycles. The summed E-state index contributed by atoms with van der Waals surface area (Å²) in [6.45, 7) is 0. The topological polar surface area (TPSA) is 75.3 Å². The van der Waals surface area contributed by atoms with E-state index in [4.69, 9.17) is 0 Å². The molecule has 0 radical (unpaired) electrons. The highest BCUT2D eigenvalue weighted by atomic mass is 32.2. The van der Waals surface area contributed by atoms with Crippen molar-refractivity contribution >= 4 is 26.6 Å². The number of urea groups is 1. The number of amides is 2. The van der Waals surface area contributed by atoms with Gasteiger partial charge in [0.15, 0.2) is 9.84 Å². The highest BCUT2D eigenvalue weighted by Crippen LogP contribution is 2.29. The molecule has 1 saturated heterocycles. The smallest absolute Gasteiger partial charge is 0.315 e. The minimum absolute atomic E-state index is 0.00465. The molecule has 0 unspecified atom stereocenters. The third-order valence-corrected chi connectivity index (χ3v) is 6.88. The zero-order valence-corrected chi connectivity index (χ0v) is 16.2. The Kier molecular flexibility index (Phi) is 5.05. The maximum absolute atomic E-state index is 12.7. The summed E-state index contributed by atoms with van der Waals surface area (Å²) < 4.78 is 23.3. The largest absolute Gasteiger partial charge is 0.334 e. The molecule has 2 atom stereocenters. The van der Waals surface area contributed by atoms with E-state index < -0.39 is 9.84 Å². The first-order valence-corrected chi connectivity index (χ1v) is 11.1. The van der Waals surface area contributed by atoms with Gasteiger partial charge in [-0.15, -0.1) is 0 Å². The minimum Gasteiger partial charge on any atom is -0.334 e. The van der Waals surface area contributed by atoms with E-state index in [1.165, 1.54) is 0 Å². The summed E-state index contributed by atoms with van der Waals surface area (Å²) in [7, 11) is -3.05. The average Bonchev–Trinajstić information content (AvgIpc) is 3.04. The molecule has 144 valence electrons. The van der Waals surface area contributed by atoms with Gasteiger partial charge in [-0.25, -0.2) is 13.2 Å². The second kappa shape index (κ2) is 7.64. The monoisotopic (exact) mass is 394 g/mol. The van der Waals surface area contributed by atoms with Crippen molar-refractivity contribution < 1.29 is 13.2 Å². The van der Waals surface area contributed by atoms with E-state index in [1.807, 2.05) is 72.8 Å². The Morgan fingerprint density at radius 2 is 1.64 bits per heavy atom. The molecule has 0 saturated carbocycles. The fourth-order valence-corrected chi connectivity index (χ4v) is 5.43. The first-order chi connectivity index (χ1) is 13.5. The standard InChI is InChI=1S/C22H22N2O3S/c25-22(23-18-13-14-28(26,27)15-18)24-21(17-8-2-1-3-9-17)20-12-6-10-16-7-4-5-11-19(16)20/h1-12,18,21H,13-15H2,(H2,23,24,25)/t18-,21-/m0/s1. The molecular weight excluding hydrogens is 372 g/mol. The molecule has 1 aliphatic rings. The second-order valence-corrected chi connectivity index (χ2v) is 9.36. The first-order valence-electron chi connectivity index (χ1n) is 9.32. The predicted octanol–water partition coefficient (Wildman–Crippen LogP) is 3.42. The van der Waals surface area contributed by atoms with Crippen LogP contribution in [0.4, 0.5) is 4.79 Å². The van der Waals surface area contributed by atoms with E-state index in [2.05, 4.69) is 10.6 Å². The second-order valence-electron chi connectivity index (χ2n) is 7.13. The Bertz CT molecular complexity index is 1090. The Balaban J connectivity index is 1.64. The number of nitrogens with one attached hydrogen (secondary N) is 2. The highest BCUT2D eigenvalue weighted by Gasteiger charge is 2.29. The zero-order valence-electron chi connectivity index (χ0n) is 15.3. The van der Waals surface area contributed by atoms with Crippen molar-refractivity contribution in [2.24, 2.45) is 0 Å². The zero-order chi connectivity index (χ0) is 19.6. The average molecular weight is 394 g/mol. The van der Waals surface area contributed by atoms with Crippen molar-refractivity contribution in [1.82, 2.24) is 10.6 Å². The number of carbonyl (C=O) groups excluding carboxylic acids is 1. The van der Waals surface area contributed by atoms with Crippen LogP contribution in [-0.4, -0.2) is 32.0 Å². The van der Waals surface area contributed by atoms with Gasteiger partial charge in [-0.1, -0.05) is 72.8 Å². The molecule has 28 heavy (non-hydrogen) atoms. The van der Waals surface area contributed by atoms with Crippen molar-refractivity contribution in [1.29, 1.82) is 0 Å². The molecule has 2 N–H and O–H groups in total.